The number of hydrogen-bond acceptors (Lipinski definition) is 4. The van der Waals surface area contributed by atoms with Crippen LogP contribution in [0.1, 0.15) is 36.8 Å². The summed E-state index contributed by atoms with van der Waals surface area (Å²) in [5.41, 5.74) is 2.92. The van der Waals surface area contributed by atoms with Crippen molar-refractivity contribution in [2.45, 2.75) is 26.2 Å². The van der Waals surface area contributed by atoms with E-state index in [1.54, 1.807) is 12.1 Å². The highest BCUT2D eigenvalue weighted by atomic mass is 35.5. The lowest BCUT2D eigenvalue weighted by Gasteiger charge is -2.19. The highest BCUT2D eigenvalue weighted by Crippen LogP contribution is 2.24. The van der Waals surface area contributed by atoms with Crippen molar-refractivity contribution in [1.29, 1.82) is 0 Å². The Kier molecular flexibility index (Phi) is 5.42. The number of carbonyl (C=O) groups is 1. The molecule has 0 bridgehead atoms. The topological polar surface area (TPSA) is 66.9 Å². The number of halogens is 1. The first-order valence-corrected chi connectivity index (χ1v) is 8.97. The minimum atomic E-state index is -0.303. The quantitative estimate of drug-likeness (QED) is 0.633. The Morgan fingerprint density at radius 1 is 1.00 bits per heavy atom. The summed E-state index contributed by atoms with van der Waals surface area (Å²) in [5, 5.41) is 6.43. The second kappa shape index (κ2) is 7.76. The zero-order valence-corrected chi connectivity index (χ0v) is 16.2. The van der Waals surface area contributed by atoms with Gasteiger partial charge in [0.1, 0.15) is 5.69 Å². The molecule has 0 radical (unpaired) electrons. The van der Waals surface area contributed by atoms with Crippen LogP contribution in [0.15, 0.2) is 60.8 Å². The molecule has 27 heavy (non-hydrogen) atoms. The molecule has 0 aliphatic rings. The normalized spacial score (nSPS) is 11.1. The molecule has 1 heterocycles. The summed E-state index contributed by atoms with van der Waals surface area (Å²) in [7, 11) is 0. The number of benzene rings is 2. The Morgan fingerprint density at radius 2 is 1.70 bits per heavy atom. The number of carbonyl (C=O) groups excluding carboxylic acids is 1. The maximum absolute atomic E-state index is 12.5. The smallest absolute Gasteiger partial charge is 0.274 e. The van der Waals surface area contributed by atoms with E-state index in [1.165, 1.54) is 11.8 Å². The molecule has 2 N–H and O–H groups in total. The van der Waals surface area contributed by atoms with E-state index < -0.39 is 0 Å². The van der Waals surface area contributed by atoms with E-state index in [4.69, 9.17) is 11.6 Å². The Bertz CT molecular complexity index is 949. The molecule has 2 aromatic carbocycles. The van der Waals surface area contributed by atoms with Crippen LogP contribution in [-0.4, -0.2) is 15.9 Å². The van der Waals surface area contributed by atoms with Gasteiger partial charge in [-0.1, -0.05) is 56.6 Å². The van der Waals surface area contributed by atoms with Crippen LogP contribution in [0.3, 0.4) is 0 Å². The van der Waals surface area contributed by atoms with Crippen molar-refractivity contribution in [2.75, 3.05) is 10.6 Å². The minimum Gasteiger partial charge on any atom is -0.323 e. The number of amides is 1. The molecule has 0 fully saturated rings. The molecule has 6 heteroatoms. The molecule has 3 aromatic rings. The molecule has 0 atom stereocenters. The van der Waals surface area contributed by atoms with Gasteiger partial charge in [0.05, 0.1) is 10.7 Å². The summed E-state index contributed by atoms with van der Waals surface area (Å²) in [6.07, 6.45) is 1.53. The highest BCUT2D eigenvalue weighted by molar-refractivity contribution is 6.33. The van der Waals surface area contributed by atoms with Gasteiger partial charge < -0.3 is 10.6 Å². The van der Waals surface area contributed by atoms with Crippen LogP contribution < -0.4 is 10.6 Å². The van der Waals surface area contributed by atoms with Gasteiger partial charge in [-0.3, -0.25) is 4.79 Å². The fourth-order valence-electron chi connectivity index (χ4n) is 2.48. The van der Waals surface area contributed by atoms with Crippen molar-refractivity contribution in [3.63, 3.8) is 0 Å². The van der Waals surface area contributed by atoms with E-state index in [0.717, 1.165) is 0 Å². The van der Waals surface area contributed by atoms with E-state index in [9.17, 15) is 4.79 Å². The third-order valence-corrected chi connectivity index (χ3v) is 4.35. The summed E-state index contributed by atoms with van der Waals surface area (Å²) in [4.78, 5) is 20.9. The fourth-order valence-corrected chi connectivity index (χ4v) is 2.66. The van der Waals surface area contributed by atoms with Crippen molar-refractivity contribution in [2.24, 2.45) is 0 Å². The fraction of sp³-hybridized carbons (Fsp3) is 0.190. The number of nitrogens with one attached hydrogen (secondary N) is 2. The van der Waals surface area contributed by atoms with E-state index in [0.29, 0.717) is 22.3 Å². The van der Waals surface area contributed by atoms with Crippen LogP contribution in [0.2, 0.25) is 5.02 Å². The first-order valence-electron chi connectivity index (χ1n) is 8.59. The molecule has 0 saturated heterocycles. The van der Waals surface area contributed by atoms with Crippen molar-refractivity contribution in [3.05, 3.63) is 77.1 Å². The number of hydrogen-bond donors (Lipinski definition) is 2. The average molecular weight is 381 g/mol. The average Bonchev–Trinajstić information content (AvgIpc) is 2.63. The Balaban J connectivity index is 1.73. The predicted octanol–water partition coefficient (Wildman–Crippen LogP) is 5.42. The van der Waals surface area contributed by atoms with Crippen molar-refractivity contribution < 1.29 is 4.79 Å². The molecule has 3 rings (SSSR count). The summed E-state index contributed by atoms with van der Waals surface area (Å²) >= 11 is 6.13. The predicted molar refractivity (Wildman–Crippen MR) is 110 cm³/mol. The minimum absolute atomic E-state index is 0.0640. The maximum Gasteiger partial charge on any atom is 0.274 e. The van der Waals surface area contributed by atoms with Crippen LogP contribution in [0.25, 0.3) is 0 Å². The van der Waals surface area contributed by atoms with Gasteiger partial charge >= 0.3 is 0 Å². The number of para-hydroxylation sites is 1. The van der Waals surface area contributed by atoms with Gasteiger partial charge in [-0.25, -0.2) is 9.97 Å². The second-order valence-corrected chi connectivity index (χ2v) is 7.56. The molecule has 5 nitrogen and oxygen atoms in total. The van der Waals surface area contributed by atoms with Gasteiger partial charge in [-0.05, 0) is 41.3 Å². The third kappa shape index (κ3) is 4.83. The molecule has 0 saturated carbocycles. The number of aromatic nitrogens is 2. The Hall–Kier alpha value is -2.92. The summed E-state index contributed by atoms with van der Waals surface area (Å²) < 4.78 is 0. The van der Waals surface area contributed by atoms with Gasteiger partial charge in [0, 0.05) is 11.9 Å². The highest BCUT2D eigenvalue weighted by Gasteiger charge is 2.14. The molecule has 138 valence electrons. The molecule has 0 aliphatic carbocycles. The number of nitrogens with zero attached hydrogens (tertiary/aromatic N) is 2. The van der Waals surface area contributed by atoms with Gasteiger partial charge in [0.15, 0.2) is 0 Å². The van der Waals surface area contributed by atoms with E-state index in [-0.39, 0.29) is 17.0 Å². The van der Waals surface area contributed by atoms with E-state index in [1.807, 2.05) is 42.5 Å². The summed E-state index contributed by atoms with van der Waals surface area (Å²) in [6, 6.07) is 16.6. The Morgan fingerprint density at radius 3 is 2.37 bits per heavy atom. The number of rotatable bonds is 4. The molecule has 0 unspecified atom stereocenters. The zero-order chi connectivity index (χ0) is 19.4. The van der Waals surface area contributed by atoms with Crippen LogP contribution in [-0.2, 0) is 5.41 Å². The molecular formula is C21H21ClN4O. The van der Waals surface area contributed by atoms with Crippen LogP contribution in [0, 0.1) is 0 Å². The summed E-state index contributed by atoms with van der Waals surface area (Å²) in [5.74, 6) is 0.00180. The lowest BCUT2D eigenvalue weighted by Crippen LogP contribution is -2.15. The van der Waals surface area contributed by atoms with Crippen molar-refractivity contribution in [1.82, 2.24) is 9.97 Å². The standard InChI is InChI=1S/C21H21ClN4O/c1-21(2,3)14-8-10-15(11-9-14)24-19(27)18-12-13-23-20(26-18)25-17-7-5-4-6-16(17)22/h4-13H,1-3H3,(H,24,27)(H,23,25,26). The van der Waals surface area contributed by atoms with Crippen LogP contribution in [0.5, 0.6) is 0 Å². The van der Waals surface area contributed by atoms with E-state index in [2.05, 4.69) is 41.4 Å². The van der Waals surface area contributed by atoms with Crippen molar-refractivity contribution in [3.8, 4) is 0 Å². The maximum atomic E-state index is 12.5. The number of anilines is 3. The van der Waals surface area contributed by atoms with Gasteiger partial charge in [0.2, 0.25) is 5.95 Å². The zero-order valence-electron chi connectivity index (χ0n) is 15.5. The van der Waals surface area contributed by atoms with Crippen molar-refractivity contribution >= 4 is 34.8 Å². The molecule has 0 aliphatic heterocycles. The molecule has 0 spiro atoms. The van der Waals surface area contributed by atoms with Gasteiger partial charge in [-0.15, -0.1) is 0 Å². The lowest BCUT2D eigenvalue weighted by molar-refractivity contribution is 0.102. The second-order valence-electron chi connectivity index (χ2n) is 7.15. The summed E-state index contributed by atoms with van der Waals surface area (Å²) in [6.45, 7) is 6.44. The first-order chi connectivity index (χ1) is 12.8. The SMILES string of the molecule is CC(C)(C)c1ccc(NC(=O)c2ccnc(Nc3ccccc3Cl)n2)cc1. The van der Waals surface area contributed by atoms with Crippen LogP contribution in [0.4, 0.5) is 17.3 Å². The molecule has 1 amide bonds. The van der Waals surface area contributed by atoms with Gasteiger partial charge in [-0.2, -0.15) is 0 Å². The largest absolute Gasteiger partial charge is 0.323 e. The van der Waals surface area contributed by atoms with E-state index >= 15 is 0 Å². The first kappa shape index (κ1) is 18.9. The third-order valence-electron chi connectivity index (χ3n) is 4.02. The molecular weight excluding hydrogens is 360 g/mol. The Labute approximate surface area is 163 Å². The monoisotopic (exact) mass is 380 g/mol. The lowest BCUT2D eigenvalue weighted by atomic mass is 9.87. The van der Waals surface area contributed by atoms with Crippen LogP contribution >= 0.6 is 11.6 Å². The van der Waals surface area contributed by atoms with Gasteiger partial charge in [0.25, 0.3) is 5.91 Å². The molecule has 1 aromatic heterocycles.